The van der Waals surface area contributed by atoms with Gasteiger partial charge in [0.15, 0.2) is 0 Å². The molecule has 0 saturated carbocycles. The summed E-state index contributed by atoms with van der Waals surface area (Å²) in [6, 6.07) is 8.84. The van der Waals surface area contributed by atoms with E-state index in [1.165, 1.54) is 24.9 Å². The van der Waals surface area contributed by atoms with E-state index in [4.69, 9.17) is 4.74 Å². The highest BCUT2D eigenvalue weighted by Gasteiger charge is 2.18. The molecule has 22 heavy (non-hydrogen) atoms. The van der Waals surface area contributed by atoms with Gasteiger partial charge in [-0.05, 0) is 44.1 Å². The average molecular weight is 298 g/mol. The minimum Gasteiger partial charge on any atom is -0.438 e. The maximum Gasteiger partial charge on any atom is 0.237 e. The molecule has 1 aromatic heterocycles. The van der Waals surface area contributed by atoms with Crippen LogP contribution in [0.5, 0.6) is 11.6 Å². The summed E-state index contributed by atoms with van der Waals surface area (Å²) in [6.07, 6.45) is 7.40. The molecule has 1 aromatic carbocycles. The second-order valence-electron chi connectivity index (χ2n) is 5.65. The molecule has 5 nitrogen and oxygen atoms in total. The first-order valence-corrected chi connectivity index (χ1v) is 7.76. The number of rotatable bonds is 5. The van der Waals surface area contributed by atoms with Crippen LogP contribution >= 0.6 is 0 Å². The van der Waals surface area contributed by atoms with Crippen LogP contribution in [-0.2, 0) is 6.54 Å². The van der Waals surface area contributed by atoms with Crippen LogP contribution in [-0.4, -0.2) is 41.0 Å². The zero-order valence-corrected chi connectivity index (χ0v) is 12.9. The highest BCUT2D eigenvalue weighted by molar-refractivity contribution is 5.29. The van der Waals surface area contributed by atoms with Gasteiger partial charge in [0.05, 0.1) is 6.20 Å². The summed E-state index contributed by atoms with van der Waals surface area (Å²) >= 11 is 0. The molecule has 1 fully saturated rings. The molecule has 1 atom stereocenters. The lowest BCUT2D eigenvalue weighted by molar-refractivity contribution is 0.188. The number of nitrogens with zero attached hydrogens (tertiary/aromatic N) is 3. The third-order valence-corrected chi connectivity index (χ3v) is 4.01. The van der Waals surface area contributed by atoms with Gasteiger partial charge in [-0.25, -0.2) is 4.98 Å². The van der Waals surface area contributed by atoms with Crippen molar-refractivity contribution in [2.24, 2.45) is 0 Å². The zero-order valence-electron chi connectivity index (χ0n) is 12.9. The van der Waals surface area contributed by atoms with Crippen LogP contribution in [0.2, 0.25) is 0 Å². The molecule has 0 aliphatic carbocycles. The number of likely N-dealkylation sites (N-methyl/N-ethyl adjacent to an activating group) is 1. The van der Waals surface area contributed by atoms with Gasteiger partial charge in [0.1, 0.15) is 5.75 Å². The Kier molecular flexibility index (Phi) is 4.98. The number of ether oxygens (including phenoxy) is 1. The molecule has 116 valence electrons. The topological polar surface area (TPSA) is 50.3 Å². The molecule has 1 aliphatic heterocycles. The Labute approximate surface area is 131 Å². The van der Waals surface area contributed by atoms with E-state index in [1.54, 1.807) is 18.6 Å². The second kappa shape index (κ2) is 7.33. The summed E-state index contributed by atoms with van der Waals surface area (Å²) in [4.78, 5) is 10.6. The van der Waals surface area contributed by atoms with Gasteiger partial charge in [-0.1, -0.05) is 12.1 Å². The first kappa shape index (κ1) is 14.9. The van der Waals surface area contributed by atoms with Gasteiger partial charge < -0.3 is 10.1 Å². The molecule has 0 amide bonds. The Balaban J connectivity index is 1.57. The Morgan fingerprint density at radius 3 is 2.86 bits per heavy atom. The number of likely N-dealkylation sites (tertiary alicyclic amines) is 1. The van der Waals surface area contributed by atoms with Crippen LogP contribution in [0.15, 0.2) is 42.9 Å². The Morgan fingerprint density at radius 2 is 2.14 bits per heavy atom. The van der Waals surface area contributed by atoms with Gasteiger partial charge in [-0.15, -0.1) is 0 Å². The van der Waals surface area contributed by atoms with E-state index >= 15 is 0 Å². The number of hydrogen-bond donors (Lipinski definition) is 1. The molecule has 2 aromatic rings. The number of benzene rings is 1. The van der Waals surface area contributed by atoms with Crippen LogP contribution in [0.25, 0.3) is 0 Å². The van der Waals surface area contributed by atoms with Gasteiger partial charge >= 0.3 is 0 Å². The quantitative estimate of drug-likeness (QED) is 0.919. The standard InChI is InChI=1S/C17H22N4O/c1-18-15-3-2-10-21(13-15)12-14-4-6-16(7-5-14)22-17-11-19-8-9-20-17/h4-9,11,15,18H,2-3,10,12-13H2,1H3. The van der Waals surface area contributed by atoms with Crippen molar-refractivity contribution in [2.75, 3.05) is 20.1 Å². The molecule has 2 heterocycles. The maximum atomic E-state index is 5.66. The third-order valence-electron chi connectivity index (χ3n) is 4.01. The summed E-state index contributed by atoms with van der Waals surface area (Å²) in [6.45, 7) is 3.29. The molecule has 1 N–H and O–H groups in total. The molecule has 0 radical (unpaired) electrons. The monoisotopic (exact) mass is 298 g/mol. The predicted molar refractivity (Wildman–Crippen MR) is 85.9 cm³/mol. The molecule has 1 unspecified atom stereocenters. The average Bonchev–Trinajstić information content (AvgIpc) is 2.58. The van der Waals surface area contributed by atoms with Crippen molar-refractivity contribution in [3.05, 3.63) is 48.4 Å². The van der Waals surface area contributed by atoms with Crippen molar-refractivity contribution in [1.29, 1.82) is 0 Å². The molecule has 1 saturated heterocycles. The van der Waals surface area contributed by atoms with Crippen LogP contribution < -0.4 is 10.1 Å². The SMILES string of the molecule is CNC1CCCN(Cc2ccc(Oc3cnccn3)cc2)C1. The molecular formula is C17H22N4O. The summed E-state index contributed by atoms with van der Waals surface area (Å²) in [5.41, 5.74) is 1.31. The number of hydrogen-bond acceptors (Lipinski definition) is 5. The zero-order chi connectivity index (χ0) is 15.2. The van der Waals surface area contributed by atoms with E-state index in [0.717, 1.165) is 18.8 Å². The normalized spacial score (nSPS) is 19.0. The summed E-state index contributed by atoms with van der Waals surface area (Å²) < 4.78 is 5.66. The predicted octanol–water partition coefficient (Wildman–Crippen LogP) is 2.45. The van der Waals surface area contributed by atoms with Gasteiger partial charge in [0, 0.05) is 31.5 Å². The van der Waals surface area contributed by atoms with Crippen molar-refractivity contribution in [1.82, 2.24) is 20.2 Å². The van der Waals surface area contributed by atoms with E-state index < -0.39 is 0 Å². The second-order valence-corrected chi connectivity index (χ2v) is 5.65. The van der Waals surface area contributed by atoms with Crippen LogP contribution in [0, 0.1) is 0 Å². The fourth-order valence-electron chi connectivity index (χ4n) is 2.81. The lowest BCUT2D eigenvalue weighted by Crippen LogP contribution is -2.43. The summed E-state index contributed by atoms with van der Waals surface area (Å²) in [5.74, 6) is 1.30. The highest BCUT2D eigenvalue weighted by Crippen LogP contribution is 2.20. The van der Waals surface area contributed by atoms with Crippen molar-refractivity contribution in [3.63, 3.8) is 0 Å². The van der Waals surface area contributed by atoms with Crippen molar-refractivity contribution >= 4 is 0 Å². The first-order chi connectivity index (χ1) is 10.8. The van der Waals surface area contributed by atoms with Crippen LogP contribution in [0.3, 0.4) is 0 Å². The minimum atomic E-state index is 0.517. The van der Waals surface area contributed by atoms with Gasteiger partial charge in [0.2, 0.25) is 5.88 Å². The number of nitrogens with one attached hydrogen (secondary N) is 1. The van der Waals surface area contributed by atoms with Crippen LogP contribution in [0.4, 0.5) is 0 Å². The fraction of sp³-hybridized carbons (Fsp3) is 0.412. The van der Waals surface area contributed by atoms with Gasteiger partial charge in [-0.2, -0.15) is 0 Å². The Morgan fingerprint density at radius 1 is 1.27 bits per heavy atom. The molecule has 0 spiro atoms. The fourth-order valence-corrected chi connectivity index (χ4v) is 2.81. The van der Waals surface area contributed by atoms with Gasteiger partial charge in [0.25, 0.3) is 0 Å². The largest absolute Gasteiger partial charge is 0.438 e. The Bertz CT molecular complexity index is 573. The molecule has 5 heteroatoms. The molecule has 1 aliphatic rings. The van der Waals surface area contributed by atoms with E-state index in [0.29, 0.717) is 11.9 Å². The minimum absolute atomic E-state index is 0.517. The molecule has 0 bridgehead atoms. The van der Waals surface area contributed by atoms with E-state index in [2.05, 4.69) is 32.3 Å². The molecular weight excluding hydrogens is 276 g/mol. The van der Waals surface area contributed by atoms with Crippen molar-refractivity contribution in [3.8, 4) is 11.6 Å². The first-order valence-electron chi connectivity index (χ1n) is 7.76. The molecule has 3 rings (SSSR count). The van der Waals surface area contributed by atoms with E-state index in [9.17, 15) is 0 Å². The highest BCUT2D eigenvalue weighted by atomic mass is 16.5. The number of aromatic nitrogens is 2. The third kappa shape index (κ3) is 4.02. The lowest BCUT2D eigenvalue weighted by atomic mass is 10.1. The van der Waals surface area contributed by atoms with Crippen LogP contribution in [0.1, 0.15) is 18.4 Å². The summed E-state index contributed by atoms with van der Waals surface area (Å²) in [5, 5.41) is 3.38. The smallest absolute Gasteiger partial charge is 0.237 e. The number of piperidine rings is 1. The summed E-state index contributed by atoms with van der Waals surface area (Å²) in [7, 11) is 2.05. The van der Waals surface area contributed by atoms with Crippen molar-refractivity contribution < 1.29 is 4.74 Å². The van der Waals surface area contributed by atoms with Gasteiger partial charge in [-0.3, -0.25) is 9.88 Å². The van der Waals surface area contributed by atoms with Crippen molar-refractivity contribution in [2.45, 2.75) is 25.4 Å². The van der Waals surface area contributed by atoms with E-state index in [-0.39, 0.29) is 0 Å². The maximum absolute atomic E-state index is 5.66. The Hall–Kier alpha value is -1.98. The van der Waals surface area contributed by atoms with E-state index in [1.807, 2.05) is 19.2 Å². The lowest BCUT2D eigenvalue weighted by Gasteiger charge is -2.32.